The Balaban J connectivity index is 2.09. The Kier molecular flexibility index (Phi) is 5.37. The van der Waals surface area contributed by atoms with Crippen molar-refractivity contribution in [3.8, 4) is 0 Å². The fourth-order valence-corrected chi connectivity index (χ4v) is 4.27. The summed E-state index contributed by atoms with van der Waals surface area (Å²) in [5, 5.41) is 13.1. The molecule has 0 fully saturated rings. The minimum absolute atomic E-state index is 0.114. The van der Waals surface area contributed by atoms with Gasteiger partial charge in [-0.15, -0.1) is 0 Å². The van der Waals surface area contributed by atoms with Crippen molar-refractivity contribution in [2.45, 2.75) is 37.9 Å². The molecule has 2 heterocycles. The van der Waals surface area contributed by atoms with Crippen LogP contribution < -0.4 is 0 Å². The third-order valence-electron chi connectivity index (χ3n) is 4.71. The van der Waals surface area contributed by atoms with Crippen LogP contribution in [0.1, 0.15) is 35.7 Å². The molecule has 0 bridgehead atoms. The fourth-order valence-electron chi connectivity index (χ4n) is 3.21. The molecule has 0 radical (unpaired) electrons. The number of hydrogen-bond donors (Lipinski definition) is 1. The molecule has 2 aromatic rings. The molecule has 7 nitrogen and oxygen atoms in total. The zero-order chi connectivity index (χ0) is 20.6. The third kappa shape index (κ3) is 3.71. The zero-order valence-electron chi connectivity index (χ0n) is 14.9. The van der Waals surface area contributed by atoms with Crippen molar-refractivity contribution in [1.29, 1.82) is 0 Å². The van der Waals surface area contributed by atoms with Gasteiger partial charge in [-0.25, -0.2) is 26.4 Å². The van der Waals surface area contributed by atoms with Crippen LogP contribution in [-0.2, 0) is 29.3 Å². The van der Waals surface area contributed by atoms with Crippen molar-refractivity contribution < 1.29 is 31.5 Å². The quantitative estimate of drug-likeness (QED) is 0.808. The Labute approximate surface area is 159 Å². The van der Waals surface area contributed by atoms with Crippen LogP contribution >= 0.6 is 0 Å². The highest BCUT2D eigenvalue weighted by Crippen LogP contribution is 2.29. The van der Waals surface area contributed by atoms with Crippen molar-refractivity contribution in [2.24, 2.45) is 0 Å². The van der Waals surface area contributed by atoms with Gasteiger partial charge in [-0.3, -0.25) is 4.68 Å². The molecule has 0 spiro atoms. The van der Waals surface area contributed by atoms with E-state index in [0.717, 1.165) is 17.0 Å². The maximum Gasteiger partial charge on any atom is 0.407 e. The number of fused-ring (bicyclic) bond motifs is 1. The Bertz CT molecular complexity index is 1020. The second-order valence-electron chi connectivity index (χ2n) is 6.39. The highest BCUT2D eigenvalue weighted by Gasteiger charge is 2.32. The average Bonchev–Trinajstić information content (AvgIpc) is 3.01. The van der Waals surface area contributed by atoms with Crippen molar-refractivity contribution >= 4 is 15.9 Å². The van der Waals surface area contributed by atoms with Gasteiger partial charge < -0.3 is 10.0 Å². The van der Waals surface area contributed by atoms with Gasteiger partial charge in [0.1, 0.15) is 5.82 Å². The van der Waals surface area contributed by atoms with E-state index < -0.39 is 33.7 Å². The summed E-state index contributed by atoms with van der Waals surface area (Å²) in [4.78, 5) is 12.3. The monoisotopic (exact) mass is 417 g/mol. The first-order valence-corrected chi connectivity index (χ1v) is 10.1. The number of alkyl halides is 2. The molecule has 1 aliphatic rings. The first kappa shape index (κ1) is 20.2. The number of rotatable bonds is 5. The minimum atomic E-state index is -3.75. The number of nitrogens with zero attached hydrogens (tertiary/aromatic N) is 3. The minimum Gasteiger partial charge on any atom is -0.465 e. The molecule has 0 unspecified atom stereocenters. The van der Waals surface area contributed by atoms with Gasteiger partial charge >= 0.3 is 6.09 Å². The second-order valence-corrected chi connectivity index (χ2v) is 8.58. The lowest BCUT2D eigenvalue weighted by Gasteiger charge is -2.25. The van der Waals surface area contributed by atoms with E-state index in [1.54, 1.807) is 0 Å². The largest absolute Gasteiger partial charge is 0.465 e. The van der Waals surface area contributed by atoms with Crippen LogP contribution in [-0.4, -0.2) is 46.6 Å². The van der Waals surface area contributed by atoms with Gasteiger partial charge in [-0.2, -0.15) is 5.10 Å². The Hall–Kier alpha value is -2.56. The summed E-state index contributed by atoms with van der Waals surface area (Å²) in [5.74, 6) is -1.03. The number of sulfone groups is 1. The number of aromatic nitrogens is 2. The smallest absolute Gasteiger partial charge is 0.407 e. The molecule has 3 rings (SSSR count). The van der Waals surface area contributed by atoms with E-state index in [-0.39, 0.29) is 48.0 Å². The fraction of sp³-hybridized carbons (Fsp3) is 0.412. The normalized spacial score (nSPS) is 14.4. The summed E-state index contributed by atoms with van der Waals surface area (Å²) < 4.78 is 66.0. The van der Waals surface area contributed by atoms with E-state index in [1.165, 1.54) is 17.7 Å². The molecule has 1 aromatic heterocycles. The molecule has 11 heteroatoms. The lowest BCUT2D eigenvalue weighted by atomic mass is 10.1. The van der Waals surface area contributed by atoms with E-state index in [1.807, 2.05) is 0 Å². The standard InChI is InChI=1S/C17H18F3N3O4S/c1-2-28(26,27)16-13-9-22(17(24)25)6-5-14(13)23(21-16)8-10-3-4-11(18)7-12(10)15(19)20/h3-4,7,15H,2,5-6,8-9H2,1H3,(H,24,25). The topological polar surface area (TPSA) is 92.5 Å². The Morgan fingerprint density at radius 1 is 1.36 bits per heavy atom. The molecular weight excluding hydrogens is 399 g/mol. The molecule has 0 saturated heterocycles. The molecular formula is C17H18F3N3O4S. The average molecular weight is 417 g/mol. The van der Waals surface area contributed by atoms with E-state index >= 15 is 0 Å². The molecule has 0 saturated carbocycles. The highest BCUT2D eigenvalue weighted by atomic mass is 32.2. The predicted octanol–water partition coefficient (Wildman–Crippen LogP) is 2.84. The molecule has 1 aromatic carbocycles. The summed E-state index contributed by atoms with van der Waals surface area (Å²) in [6.45, 7) is 1.25. The highest BCUT2D eigenvalue weighted by molar-refractivity contribution is 7.91. The maximum absolute atomic E-state index is 13.3. The second kappa shape index (κ2) is 7.46. The van der Waals surface area contributed by atoms with Gasteiger partial charge in [0.2, 0.25) is 0 Å². The number of carboxylic acid groups (broad SMARTS) is 1. The van der Waals surface area contributed by atoms with Crippen LogP contribution in [0.4, 0.5) is 18.0 Å². The summed E-state index contributed by atoms with van der Waals surface area (Å²) >= 11 is 0. The summed E-state index contributed by atoms with van der Waals surface area (Å²) in [5.41, 5.74) is 0.361. The number of benzene rings is 1. The van der Waals surface area contributed by atoms with Gasteiger partial charge in [0.05, 0.1) is 18.8 Å². The number of hydrogen-bond acceptors (Lipinski definition) is 4. The van der Waals surface area contributed by atoms with Crippen LogP contribution in [0.2, 0.25) is 0 Å². The van der Waals surface area contributed by atoms with Gasteiger partial charge in [0.15, 0.2) is 14.9 Å². The lowest BCUT2D eigenvalue weighted by Crippen LogP contribution is -2.35. The summed E-state index contributed by atoms with van der Waals surface area (Å²) in [6.07, 6.45) is -3.89. The third-order valence-corrected chi connectivity index (χ3v) is 6.38. The van der Waals surface area contributed by atoms with Crippen LogP contribution in [0, 0.1) is 5.82 Å². The first-order chi connectivity index (χ1) is 13.1. The molecule has 1 amide bonds. The Morgan fingerprint density at radius 3 is 2.68 bits per heavy atom. The van der Waals surface area contributed by atoms with E-state index in [2.05, 4.69) is 5.10 Å². The van der Waals surface area contributed by atoms with Gasteiger partial charge in [0, 0.05) is 29.8 Å². The van der Waals surface area contributed by atoms with E-state index in [9.17, 15) is 31.5 Å². The Morgan fingerprint density at radius 2 is 2.07 bits per heavy atom. The number of carbonyl (C=O) groups is 1. The SMILES string of the molecule is CCS(=O)(=O)c1nn(Cc2ccc(F)cc2C(F)F)c2c1CN(C(=O)O)CC2. The lowest BCUT2D eigenvalue weighted by molar-refractivity contribution is 0.139. The molecule has 0 aliphatic carbocycles. The number of amides is 1. The van der Waals surface area contributed by atoms with Gasteiger partial charge in [0.25, 0.3) is 6.43 Å². The number of halogens is 3. The zero-order valence-corrected chi connectivity index (χ0v) is 15.7. The first-order valence-electron chi connectivity index (χ1n) is 8.49. The van der Waals surface area contributed by atoms with Crippen LogP contribution in [0.25, 0.3) is 0 Å². The maximum atomic E-state index is 13.3. The predicted molar refractivity (Wildman–Crippen MR) is 92.6 cm³/mol. The molecule has 152 valence electrons. The molecule has 28 heavy (non-hydrogen) atoms. The van der Waals surface area contributed by atoms with Crippen molar-refractivity contribution in [1.82, 2.24) is 14.7 Å². The summed E-state index contributed by atoms with van der Waals surface area (Å²) in [7, 11) is -3.75. The van der Waals surface area contributed by atoms with Crippen molar-refractivity contribution in [3.05, 3.63) is 46.4 Å². The van der Waals surface area contributed by atoms with Crippen molar-refractivity contribution in [2.75, 3.05) is 12.3 Å². The van der Waals surface area contributed by atoms with E-state index in [0.29, 0.717) is 5.69 Å². The van der Waals surface area contributed by atoms with Crippen LogP contribution in [0.3, 0.4) is 0 Å². The summed E-state index contributed by atoms with van der Waals surface area (Å²) in [6, 6.07) is 3.00. The van der Waals surface area contributed by atoms with Crippen LogP contribution in [0.15, 0.2) is 23.2 Å². The molecule has 0 atom stereocenters. The van der Waals surface area contributed by atoms with Gasteiger partial charge in [-0.05, 0) is 17.7 Å². The molecule has 1 N–H and O–H groups in total. The van der Waals surface area contributed by atoms with E-state index in [4.69, 9.17) is 0 Å². The van der Waals surface area contributed by atoms with Crippen molar-refractivity contribution in [3.63, 3.8) is 0 Å². The van der Waals surface area contributed by atoms with Gasteiger partial charge in [-0.1, -0.05) is 13.0 Å². The molecule has 1 aliphatic heterocycles. The van der Waals surface area contributed by atoms with Crippen LogP contribution in [0.5, 0.6) is 0 Å².